The van der Waals surface area contributed by atoms with Gasteiger partial charge in [-0.1, -0.05) is 0 Å². The lowest BCUT2D eigenvalue weighted by atomic mass is 10.1. The SMILES string of the molecule is CC1CN(c2ccncc2)CCN1C(=O)c1ccc(F)c(C(F)F)c1. The summed E-state index contributed by atoms with van der Waals surface area (Å²) in [5.41, 5.74) is 0.366. The van der Waals surface area contributed by atoms with Gasteiger partial charge >= 0.3 is 0 Å². The highest BCUT2D eigenvalue weighted by Crippen LogP contribution is 2.25. The van der Waals surface area contributed by atoms with E-state index >= 15 is 0 Å². The predicted molar refractivity (Wildman–Crippen MR) is 88.3 cm³/mol. The molecule has 1 aromatic carbocycles. The maximum absolute atomic E-state index is 13.4. The van der Waals surface area contributed by atoms with Crippen LogP contribution in [0.25, 0.3) is 0 Å². The van der Waals surface area contributed by atoms with Gasteiger partial charge in [0.1, 0.15) is 5.82 Å². The van der Waals surface area contributed by atoms with E-state index < -0.39 is 17.8 Å². The number of piperazine rings is 1. The third kappa shape index (κ3) is 3.60. The molecule has 1 amide bonds. The number of aromatic nitrogens is 1. The fraction of sp³-hybridized carbons (Fsp3) is 0.333. The van der Waals surface area contributed by atoms with E-state index in [2.05, 4.69) is 9.88 Å². The average molecular weight is 349 g/mol. The van der Waals surface area contributed by atoms with Crippen LogP contribution in [0.2, 0.25) is 0 Å². The normalized spacial score (nSPS) is 17.9. The van der Waals surface area contributed by atoms with Gasteiger partial charge in [-0.2, -0.15) is 0 Å². The van der Waals surface area contributed by atoms with E-state index in [0.29, 0.717) is 19.6 Å². The second kappa shape index (κ2) is 7.13. The summed E-state index contributed by atoms with van der Waals surface area (Å²) < 4.78 is 39.1. The van der Waals surface area contributed by atoms with Crippen molar-refractivity contribution in [1.82, 2.24) is 9.88 Å². The molecular formula is C18H18F3N3O. The van der Waals surface area contributed by atoms with Gasteiger partial charge in [-0.15, -0.1) is 0 Å². The van der Waals surface area contributed by atoms with Crippen LogP contribution in [0.1, 0.15) is 29.3 Å². The molecule has 2 heterocycles. The van der Waals surface area contributed by atoms with Crippen LogP contribution in [-0.2, 0) is 0 Å². The highest BCUT2D eigenvalue weighted by molar-refractivity contribution is 5.94. The quantitative estimate of drug-likeness (QED) is 0.851. The Kier molecular flexibility index (Phi) is 4.92. The van der Waals surface area contributed by atoms with Crippen molar-refractivity contribution in [2.24, 2.45) is 0 Å². The molecule has 1 unspecified atom stereocenters. The summed E-state index contributed by atoms with van der Waals surface area (Å²) in [4.78, 5) is 20.4. The molecule has 4 nitrogen and oxygen atoms in total. The number of nitrogens with zero attached hydrogens (tertiary/aromatic N) is 3. The summed E-state index contributed by atoms with van der Waals surface area (Å²) in [6.07, 6.45) is 0.470. The van der Waals surface area contributed by atoms with Crippen molar-refractivity contribution in [3.8, 4) is 0 Å². The molecule has 0 N–H and O–H groups in total. The van der Waals surface area contributed by atoms with Crippen LogP contribution in [0.5, 0.6) is 0 Å². The fourth-order valence-electron chi connectivity index (χ4n) is 3.06. The molecule has 1 fully saturated rings. The van der Waals surface area contributed by atoms with Crippen molar-refractivity contribution in [3.63, 3.8) is 0 Å². The van der Waals surface area contributed by atoms with Crippen LogP contribution < -0.4 is 4.90 Å². The topological polar surface area (TPSA) is 36.4 Å². The highest BCUT2D eigenvalue weighted by Gasteiger charge is 2.29. The monoisotopic (exact) mass is 349 g/mol. The van der Waals surface area contributed by atoms with Crippen molar-refractivity contribution in [1.29, 1.82) is 0 Å². The summed E-state index contributed by atoms with van der Waals surface area (Å²) >= 11 is 0. The number of alkyl halides is 2. The maximum Gasteiger partial charge on any atom is 0.266 e. The molecular weight excluding hydrogens is 331 g/mol. The molecule has 132 valence electrons. The number of carbonyl (C=O) groups is 1. The number of hydrogen-bond acceptors (Lipinski definition) is 3. The Balaban J connectivity index is 1.75. The first kappa shape index (κ1) is 17.3. The molecule has 1 aliphatic rings. The molecule has 1 atom stereocenters. The average Bonchev–Trinajstić information content (AvgIpc) is 2.62. The highest BCUT2D eigenvalue weighted by atomic mass is 19.3. The van der Waals surface area contributed by atoms with Crippen molar-refractivity contribution in [2.75, 3.05) is 24.5 Å². The standard InChI is InChI=1S/C18H18F3N3O/c1-12-11-23(14-4-6-22-7-5-14)8-9-24(12)18(25)13-2-3-16(19)15(10-13)17(20)21/h2-7,10,12,17H,8-9,11H2,1H3. The van der Waals surface area contributed by atoms with Gasteiger partial charge in [0.15, 0.2) is 0 Å². The summed E-state index contributed by atoms with van der Waals surface area (Å²) in [7, 11) is 0. The number of halogens is 3. The van der Waals surface area contributed by atoms with Gasteiger partial charge in [-0.25, -0.2) is 13.2 Å². The minimum atomic E-state index is -2.95. The van der Waals surface area contributed by atoms with Gasteiger partial charge in [0.25, 0.3) is 12.3 Å². The number of benzene rings is 1. The number of anilines is 1. The molecule has 2 aromatic rings. The Morgan fingerprint density at radius 2 is 1.92 bits per heavy atom. The van der Waals surface area contributed by atoms with Crippen LogP contribution in [0.3, 0.4) is 0 Å². The molecule has 0 saturated carbocycles. The fourth-order valence-corrected chi connectivity index (χ4v) is 3.06. The first-order valence-electron chi connectivity index (χ1n) is 8.01. The van der Waals surface area contributed by atoms with Crippen molar-refractivity contribution < 1.29 is 18.0 Å². The maximum atomic E-state index is 13.4. The lowest BCUT2D eigenvalue weighted by Crippen LogP contribution is -2.54. The second-order valence-electron chi connectivity index (χ2n) is 6.04. The second-order valence-corrected chi connectivity index (χ2v) is 6.04. The van der Waals surface area contributed by atoms with Gasteiger partial charge in [-0.05, 0) is 37.3 Å². The minimum Gasteiger partial charge on any atom is -0.368 e. The van der Waals surface area contributed by atoms with Gasteiger partial charge in [0, 0.05) is 49.3 Å². The van der Waals surface area contributed by atoms with Crippen LogP contribution >= 0.6 is 0 Å². The van der Waals surface area contributed by atoms with Crippen LogP contribution in [0.4, 0.5) is 18.9 Å². The molecule has 3 rings (SSSR count). The Morgan fingerprint density at radius 3 is 2.56 bits per heavy atom. The van der Waals surface area contributed by atoms with E-state index in [1.54, 1.807) is 17.3 Å². The molecule has 0 spiro atoms. The molecule has 7 heteroatoms. The molecule has 1 aromatic heterocycles. The Labute approximate surface area is 143 Å². The third-order valence-corrected chi connectivity index (χ3v) is 4.39. The number of pyridine rings is 1. The Bertz CT molecular complexity index is 754. The van der Waals surface area contributed by atoms with E-state index in [9.17, 15) is 18.0 Å². The molecule has 25 heavy (non-hydrogen) atoms. The predicted octanol–water partition coefficient (Wildman–Crippen LogP) is 3.51. The molecule has 0 radical (unpaired) electrons. The van der Waals surface area contributed by atoms with Gasteiger partial charge in [0.2, 0.25) is 0 Å². The number of hydrogen-bond donors (Lipinski definition) is 0. The van der Waals surface area contributed by atoms with Crippen molar-refractivity contribution in [3.05, 3.63) is 59.7 Å². The van der Waals surface area contributed by atoms with E-state index in [1.165, 1.54) is 6.07 Å². The first-order valence-corrected chi connectivity index (χ1v) is 8.01. The van der Waals surface area contributed by atoms with Gasteiger partial charge in [-0.3, -0.25) is 9.78 Å². The minimum absolute atomic E-state index is 0.0842. The molecule has 0 aliphatic carbocycles. The number of rotatable bonds is 3. The smallest absolute Gasteiger partial charge is 0.266 e. The summed E-state index contributed by atoms with van der Waals surface area (Å²) in [5, 5.41) is 0. The Hall–Kier alpha value is -2.57. The van der Waals surface area contributed by atoms with Crippen LogP contribution in [-0.4, -0.2) is 41.5 Å². The van der Waals surface area contributed by atoms with Crippen LogP contribution in [0.15, 0.2) is 42.7 Å². The van der Waals surface area contributed by atoms with E-state index in [1.807, 2.05) is 19.1 Å². The molecule has 0 bridgehead atoms. The number of carbonyl (C=O) groups excluding carboxylic acids is 1. The lowest BCUT2D eigenvalue weighted by Gasteiger charge is -2.41. The number of amides is 1. The van der Waals surface area contributed by atoms with Crippen molar-refractivity contribution >= 4 is 11.6 Å². The van der Waals surface area contributed by atoms with E-state index in [4.69, 9.17) is 0 Å². The van der Waals surface area contributed by atoms with Gasteiger partial charge in [0.05, 0.1) is 5.56 Å². The zero-order valence-electron chi connectivity index (χ0n) is 13.7. The summed E-state index contributed by atoms with van der Waals surface area (Å²) in [5.74, 6) is -1.36. The first-order chi connectivity index (χ1) is 12.0. The largest absolute Gasteiger partial charge is 0.368 e. The third-order valence-electron chi connectivity index (χ3n) is 4.39. The van der Waals surface area contributed by atoms with E-state index in [-0.39, 0.29) is 17.5 Å². The Morgan fingerprint density at radius 1 is 1.20 bits per heavy atom. The molecule has 1 saturated heterocycles. The van der Waals surface area contributed by atoms with Crippen LogP contribution in [0, 0.1) is 5.82 Å². The zero-order chi connectivity index (χ0) is 18.0. The van der Waals surface area contributed by atoms with Crippen molar-refractivity contribution in [2.45, 2.75) is 19.4 Å². The zero-order valence-corrected chi connectivity index (χ0v) is 13.7. The lowest BCUT2D eigenvalue weighted by molar-refractivity contribution is 0.0673. The van der Waals surface area contributed by atoms with Gasteiger partial charge < -0.3 is 9.80 Å². The van der Waals surface area contributed by atoms with E-state index in [0.717, 1.165) is 17.8 Å². The molecule has 1 aliphatic heterocycles. The summed E-state index contributed by atoms with van der Waals surface area (Å²) in [6, 6.07) is 6.83. The summed E-state index contributed by atoms with van der Waals surface area (Å²) in [6.45, 7) is 3.62.